The molecule has 1 aromatic heterocycles. The topological polar surface area (TPSA) is 133 Å². The first-order valence-electron chi connectivity index (χ1n) is 18.4. The molecule has 11 nitrogen and oxygen atoms in total. The Kier molecular flexibility index (Phi) is 12.4. The number of ether oxygens (including phenoxy) is 3. The average Bonchev–Trinajstić information content (AvgIpc) is 3.36. The molecular formula is C42H56ClN3O8Si. The van der Waals surface area contributed by atoms with Crippen LogP contribution in [0.2, 0.25) is 23.2 Å². The average molecular weight is 794 g/mol. The number of hydrogen-bond donors (Lipinski definition) is 1. The highest BCUT2D eigenvalue weighted by molar-refractivity contribution is 6.74. The van der Waals surface area contributed by atoms with Crippen LogP contribution >= 0.6 is 11.6 Å². The summed E-state index contributed by atoms with van der Waals surface area (Å²) in [6, 6.07) is 13.2. The molecule has 13 heteroatoms. The number of amides is 3. The van der Waals surface area contributed by atoms with Crippen LogP contribution < -0.4 is 10.2 Å². The van der Waals surface area contributed by atoms with Gasteiger partial charge in [-0.2, -0.15) is 4.90 Å². The van der Waals surface area contributed by atoms with Crippen LogP contribution in [0, 0.1) is 0 Å². The highest BCUT2D eigenvalue weighted by Crippen LogP contribution is 2.49. The SMILES string of the molecule is CC(C)(C)OC(=O)c1ccc(NC(=O)C2CC(O[Si](C)(C)C(C)(C)C)c3cc(-c4cc(Cl)ccc4N(C(=O)OC(C)(C)C)C(=O)OC(C)(C)C)cnc32)cc1. The minimum absolute atomic E-state index is 0.129. The van der Waals surface area contributed by atoms with Gasteiger partial charge in [0.05, 0.1) is 29.0 Å². The van der Waals surface area contributed by atoms with Crippen molar-refractivity contribution in [2.75, 3.05) is 10.2 Å². The van der Waals surface area contributed by atoms with Crippen LogP contribution in [-0.2, 0) is 23.4 Å². The van der Waals surface area contributed by atoms with E-state index >= 15 is 0 Å². The van der Waals surface area contributed by atoms with Gasteiger partial charge >= 0.3 is 18.2 Å². The Hall–Kier alpha value is -4.26. The molecule has 2 atom stereocenters. The summed E-state index contributed by atoms with van der Waals surface area (Å²) in [4.78, 5) is 59.7. The first kappa shape index (κ1) is 43.5. The zero-order chi connectivity index (χ0) is 41.5. The van der Waals surface area contributed by atoms with Gasteiger partial charge in [-0.15, -0.1) is 0 Å². The predicted molar refractivity (Wildman–Crippen MR) is 218 cm³/mol. The van der Waals surface area contributed by atoms with Gasteiger partial charge in [0.1, 0.15) is 16.8 Å². The lowest BCUT2D eigenvalue weighted by Gasteiger charge is -2.38. The summed E-state index contributed by atoms with van der Waals surface area (Å²) >= 11 is 6.55. The number of fused-ring (bicyclic) bond motifs is 1. The number of anilines is 2. The summed E-state index contributed by atoms with van der Waals surface area (Å²) in [5, 5.41) is 3.22. The second-order valence-electron chi connectivity index (χ2n) is 18.4. The molecule has 1 aliphatic carbocycles. The molecule has 1 aliphatic rings. The molecule has 55 heavy (non-hydrogen) atoms. The summed E-state index contributed by atoms with van der Waals surface area (Å²) in [6.45, 7) is 26.4. The number of pyridine rings is 1. The molecule has 0 spiro atoms. The maximum atomic E-state index is 14.0. The van der Waals surface area contributed by atoms with E-state index in [0.717, 1.165) is 10.5 Å². The summed E-state index contributed by atoms with van der Waals surface area (Å²) in [5.41, 5.74) is 0.819. The van der Waals surface area contributed by atoms with E-state index in [1.165, 1.54) is 0 Å². The molecule has 0 radical (unpaired) electrons. The van der Waals surface area contributed by atoms with Crippen molar-refractivity contribution >= 4 is 55.4 Å². The van der Waals surface area contributed by atoms with E-state index in [1.54, 1.807) is 111 Å². The smallest absolute Gasteiger partial charge is 0.424 e. The number of nitrogens with zero attached hydrogens (tertiary/aromatic N) is 2. The number of hydrogen-bond acceptors (Lipinski definition) is 9. The van der Waals surface area contributed by atoms with Crippen LogP contribution in [0.25, 0.3) is 11.1 Å². The van der Waals surface area contributed by atoms with E-state index < -0.39 is 55.3 Å². The third kappa shape index (κ3) is 11.2. The van der Waals surface area contributed by atoms with Crippen LogP contribution in [0.3, 0.4) is 0 Å². The number of benzene rings is 2. The second-order valence-corrected chi connectivity index (χ2v) is 23.6. The predicted octanol–water partition coefficient (Wildman–Crippen LogP) is 11.2. The van der Waals surface area contributed by atoms with Crippen molar-refractivity contribution in [1.29, 1.82) is 0 Å². The first-order chi connectivity index (χ1) is 25.0. The van der Waals surface area contributed by atoms with Crippen molar-refractivity contribution in [3.8, 4) is 11.1 Å². The summed E-state index contributed by atoms with van der Waals surface area (Å²) in [7, 11) is -2.38. The highest BCUT2D eigenvalue weighted by Gasteiger charge is 2.45. The number of aromatic nitrogens is 1. The summed E-state index contributed by atoms with van der Waals surface area (Å²) in [6.07, 6.45) is -0.390. The van der Waals surface area contributed by atoms with Crippen molar-refractivity contribution in [3.05, 3.63) is 76.6 Å². The zero-order valence-corrected chi connectivity index (χ0v) is 36.4. The maximum absolute atomic E-state index is 14.0. The normalized spacial score (nSPS) is 16.2. The number of rotatable bonds is 7. The number of imide groups is 1. The molecular weight excluding hydrogens is 738 g/mol. The van der Waals surface area contributed by atoms with Crippen molar-refractivity contribution in [3.63, 3.8) is 0 Å². The fourth-order valence-corrected chi connectivity index (χ4v) is 7.05. The Morgan fingerprint density at radius 1 is 0.782 bits per heavy atom. The fourth-order valence-electron chi connectivity index (χ4n) is 5.59. The maximum Gasteiger partial charge on any atom is 0.424 e. The third-order valence-corrected chi connectivity index (χ3v) is 13.8. The van der Waals surface area contributed by atoms with Gasteiger partial charge in [0.2, 0.25) is 5.91 Å². The molecule has 4 rings (SSSR count). The summed E-state index contributed by atoms with van der Waals surface area (Å²) in [5.74, 6) is -1.40. The van der Waals surface area contributed by atoms with Crippen molar-refractivity contribution in [2.24, 2.45) is 0 Å². The summed E-state index contributed by atoms with van der Waals surface area (Å²) < 4.78 is 23.8. The van der Waals surface area contributed by atoms with E-state index in [9.17, 15) is 19.2 Å². The molecule has 0 saturated carbocycles. The minimum atomic E-state index is -2.38. The van der Waals surface area contributed by atoms with Crippen molar-refractivity contribution < 1.29 is 37.8 Å². The number of halogens is 1. The van der Waals surface area contributed by atoms with Crippen LogP contribution in [0.5, 0.6) is 0 Å². The van der Waals surface area contributed by atoms with Crippen LogP contribution in [0.15, 0.2) is 54.7 Å². The van der Waals surface area contributed by atoms with Gasteiger partial charge in [-0.05, 0) is 135 Å². The molecule has 2 unspecified atom stereocenters. The highest BCUT2D eigenvalue weighted by atomic mass is 35.5. The van der Waals surface area contributed by atoms with E-state index in [0.29, 0.717) is 39.5 Å². The Labute approximate surface area is 331 Å². The van der Waals surface area contributed by atoms with Crippen LogP contribution in [-0.4, -0.2) is 54.2 Å². The molecule has 0 aliphatic heterocycles. The first-order valence-corrected chi connectivity index (χ1v) is 21.7. The number of carbonyl (C=O) groups is 4. The monoisotopic (exact) mass is 793 g/mol. The molecule has 0 saturated heterocycles. The van der Waals surface area contributed by atoms with Crippen molar-refractivity contribution in [1.82, 2.24) is 4.98 Å². The van der Waals surface area contributed by atoms with Gasteiger partial charge in [0.15, 0.2) is 8.32 Å². The largest absolute Gasteiger partial charge is 0.456 e. The fraction of sp³-hybridized carbons (Fsp3) is 0.500. The molecule has 1 heterocycles. The van der Waals surface area contributed by atoms with Gasteiger partial charge < -0.3 is 24.0 Å². The number of carbonyl (C=O) groups excluding carboxylic acids is 4. The van der Waals surface area contributed by atoms with Gasteiger partial charge in [-0.3, -0.25) is 9.78 Å². The van der Waals surface area contributed by atoms with E-state index in [1.807, 2.05) is 6.07 Å². The number of esters is 1. The Morgan fingerprint density at radius 2 is 1.33 bits per heavy atom. The van der Waals surface area contributed by atoms with Gasteiger partial charge in [-0.1, -0.05) is 32.4 Å². The van der Waals surface area contributed by atoms with E-state index in [4.69, 9.17) is 35.2 Å². The molecule has 3 amide bonds. The number of nitrogens with one attached hydrogen (secondary N) is 1. The molecule has 2 aromatic carbocycles. The lowest BCUT2D eigenvalue weighted by molar-refractivity contribution is -0.118. The zero-order valence-electron chi connectivity index (χ0n) is 34.6. The molecule has 0 bridgehead atoms. The molecule has 3 aromatic rings. The van der Waals surface area contributed by atoms with E-state index in [-0.39, 0.29) is 16.6 Å². The van der Waals surface area contributed by atoms with Gasteiger partial charge in [-0.25, -0.2) is 14.4 Å². The lowest BCUT2D eigenvalue weighted by atomic mass is 10.0. The Balaban J connectivity index is 1.79. The van der Waals surface area contributed by atoms with Crippen molar-refractivity contribution in [2.45, 2.75) is 136 Å². The lowest BCUT2D eigenvalue weighted by Crippen LogP contribution is -2.44. The standard InChI is InChI=1S/C42H56ClN3O8Si/c1-39(2,3)51-36(48)25-15-18-28(19-16-25)45-35(47)31-23-33(54-55(13,14)42(10,11)12)30-21-26(24-44-34(30)31)29-22-27(43)17-20-32(29)46(37(49)52-40(4,5)6)38(50)53-41(7,8)9/h15-22,24,31,33H,23H2,1-14H3,(H,45,47). The Bertz CT molecular complexity index is 1910. The minimum Gasteiger partial charge on any atom is -0.456 e. The van der Waals surface area contributed by atoms with Gasteiger partial charge in [0, 0.05) is 33.6 Å². The quantitative estimate of drug-likeness (QED) is 0.141. The molecule has 1 N–H and O–H groups in total. The van der Waals surface area contributed by atoms with Gasteiger partial charge in [0.25, 0.3) is 0 Å². The third-order valence-electron chi connectivity index (χ3n) is 9.09. The van der Waals surface area contributed by atoms with Crippen LogP contribution in [0.1, 0.15) is 123 Å². The Morgan fingerprint density at radius 3 is 1.84 bits per heavy atom. The molecule has 298 valence electrons. The second kappa shape index (κ2) is 15.7. The van der Waals surface area contributed by atoms with E-state index in [2.05, 4.69) is 39.2 Å². The molecule has 0 fully saturated rings. The van der Waals surface area contributed by atoms with Crippen LogP contribution in [0.4, 0.5) is 21.0 Å².